The quantitative estimate of drug-likeness (QED) is 0.646. The predicted molar refractivity (Wildman–Crippen MR) is 112 cm³/mol. The van der Waals surface area contributed by atoms with Crippen LogP contribution in [0.2, 0.25) is 0 Å². The van der Waals surface area contributed by atoms with Gasteiger partial charge in [-0.2, -0.15) is 0 Å². The van der Waals surface area contributed by atoms with Crippen LogP contribution in [0.1, 0.15) is 56.7 Å². The van der Waals surface area contributed by atoms with E-state index in [9.17, 15) is 14.4 Å². The Balaban J connectivity index is 1.70. The zero-order valence-corrected chi connectivity index (χ0v) is 17.1. The molecule has 3 aromatic rings. The van der Waals surface area contributed by atoms with Crippen LogP contribution in [0.15, 0.2) is 33.5 Å². The first-order chi connectivity index (χ1) is 14.0. The lowest BCUT2D eigenvalue weighted by Gasteiger charge is -2.11. The van der Waals surface area contributed by atoms with Crippen molar-refractivity contribution in [3.05, 3.63) is 61.8 Å². The van der Waals surface area contributed by atoms with E-state index in [1.165, 1.54) is 24.5 Å². The van der Waals surface area contributed by atoms with Gasteiger partial charge in [-0.3, -0.25) is 9.59 Å². The van der Waals surface area contributed by atoms with Gasteiger partial charge in [-0.15, -0.1) is 11.3 Å². The summed E-state index contributed by atoms with van der Waals surface area (Å²) in [6, 6.07) is 6.56. The normalized spacial score (nSPS) is 13.2. The van der Waals surface area contributed by atoms with Crippen LogP contribution < -0.4 is 10.7 Å². The molecule has 0 saturated heterocycles. The zero-order chi connectivity index (χ0) is 20.5. The van der Waals surface area contributed by atoms with Crippen molar-refractivity contribution in [3.8, 4) is 0 Å². The topological polar surface area (TPSA) is 85.6 Å². The average Bonchev–Trinajstić information content (AvgIpc) is 3.10. The fourth-order valence-electron chi connectivity index (χ4n) is 3.67. The molecule has 0 fully saturated rings. The standard InChI is InChI=1S/C22H21NO5S/c1-3-12-8-9-16-14(10-12)15(24)11-17(28-16)20(25)23-21-19(22(26)27-2)13-6-4-5-7-18(13)29-21/h8-11H,3-7H2,1-2H3,(H,23,25). The van der Waals surface area contributed by atoms with Crippen LogP contribution in [-0.2, 0) is 24.0 Å². The van der Waals surface area contributed by atoms with E-state index in [2.05, 4.69) is 5.32 Å². The molecule has 1 aliphatic carbocycles. The molecule has 0 atom stereocenters. The molecule has 1 aliphatic rings. The SMILES string of the molecule is CCc1ccc2oc(C(=O)Nc3sc4c(c3C(=O)OC)CCCC4)cc(=O)c2c1. The van der Waals surface area contributed by atoms with Crippen molar-refractivity contribution in [3.63, 3.8) is 0 Å². The number of carbonyl (C=O) groups is 2. The third-order valence-electron chi connectivity index (χ3n) is 5.21. The number of methoxy groups -OCH3 is 1. The van der Waals surface area contributed by atoms with Crippen LogP contribution in [-0.4, -0.2) is 19.0 Å². The Morgan fingerprint density at radius 1 is 1.21 bits per heavy atom. The molecular weight excluding hydrogens is 390 g/mol. The molecule has 2 aromatic heterocycles. The summed E-state index contributed by atoms with van der Waals surface area (Å²) in [5, 5.41) is 3.65. The molecule has 1 amide bonds. The molecule has 2 heterocycles. The molecule has 0 aliphatic heterocycles. The summed E-state index contributed by atoms with van der Waals surface area (Å²) in [6.45, 7) is 2.00. The molecule has 0 bridgehead atoms. The molecule has 29 heavy (non-hydrogen) atoms. The van der Waals surface area contributed by atoms with Crippen molar-refractivity contribution in [1.82, 2.24) is 0 Å². The number of aryl methyl sites for hydroxylation is 2. The van der Waals surface area contributed by atoms with E-state index in [0.29, 0.717) is 21.5 Å². The molecule has 0 saturated carbocycles. The van der Waals surface area contributed by atoms with Crippen LogP contribution >= 0.6 is 11.3 Å². The third-order valence-corrected chi connectivity index (χ3v) is 6.42. The number of hydrogen-bond donors (Lipinski definition) is 1. The highest BCUT2D eigenvalue weighted by atomic mass is 32.1. The van der Waals surface area contributed by atoms with E-state index in [0.717, 1.165) is 48.1 Å². The van der Waals surface area contributed by atoms with Crippen molar-refractivity contribution in [1.29, 1.82) is 0 Å². The lowest BCUT2D eigenvalue weighted by atomic mass is 9.95. The molecule has 1 N–H and O–H groups in total. The van der Waals surface area contributed by atoms with Crippen molar-refractivity contribution >= 4 is 39.2 Å². The minimum absolute atomic E-state index is 0.0889. The number of carbonyl (C=O) groups excluding carboxylic acids is 2. The van der Waals surface area contributed by atoms with Crippen LogP contribution in [0, 0.1) is 0 Å². The fraction of sp³-hybridized carbons (Fsp3) is 0.318. The highest BCUT2D eigenvalue weighted by molar-refractivity contribution is 7.17. The van der Waals surface area contributed by atoms with Gasteiger partial charge < -0.3 is 14.5 Å². The summed E-state index contributed by atoms with van der Waals surface area (Å²) < 4.78 is 10.6. The maximum atomic E-state index is 12.8. The van der Waals surface area contributed by atoms with E-state index in [-0.39, 0.29) is 11.2 Å². The second kappa shape index (κ2) is 7.83. The Morgan fingerprint density at radius 2 is 2.00 bits per heavy atom. The summed E-state index contributed by atoms with van der Waals surface area (Å²) >= 11 is 1.39. The first-order valence-corrected chi connectivity index (χ1v) is 10.4. The summed E-state index contributed by atoms with van der Waals surface area (Å²) in [4.78, 5) is 38.7. The van der Waals surface area contributed by atoms with E-state index in [1.807, 2.05) is 13.0 Å². The third kappa shape index (κ3) is 3.58. The van der Waals surface area contributed by atoms with E-state index >= 15 is 0 Å². The molecule has 4 rings (SSSR count). The first-order valence-electron chi connectivity index (χ1n) is 9.62. The maximum Gasteiger partial charge on any atom is 0.341 e. The molecule has 0 unspecified atom stereocenters. The highest BCUT2D eigenvalue weighted by Crippen LogP contribution is 2.38. The first kappa shape index (κ1) is 19.4. The maximum absolute atomic E-state index is 12.8. The molecule has 7 heteroatoms. The number of thiophene rings is 1. The number of rotatable bonds is 4. The van der Waals surface area contributed by atoms with Gasteiger partial charge in [0.25, 0.3) is 5.91 Å². The highest BCUT2D eigenvalue weighted by Gasteiger charge is 2.27. The van der Waals surface area contributed by atoms with Crippen molar-refractivity contribution in [2.45, 2.75) is 39.0 Å². The molecule has 0 radical (unpaired) electrons. The molecular formula is C22H21NO5S. The molecule has 150 valence electrons. The van der Waals surface area contributed by atoms with Gasteiger partial charge in [-0.05, 0) is 55.4 Å². The largest absolute Gasteiger partial charge is 0.465 e. The molecule has 1 aromatic carbocycles. The van der Waals surface area contributed by atoms with E-state index in [1.54, 1.807) is 12.1 Å². The number of hydrogen-bond acceptors (Lipinski definition) is 6. The monoisotopic (exact) mass is 411 g/mol. The Labute approximate surface area is 171 Å². The van der Waals surface area contributed by atoms with Gasteiger partial charge in [-0.25, -0.2) is 4.79 Å². The predicted octanol–water partition coefficient (Wildman–Crippen LogP) is 4.33. The number of nitrogens with one attached hydrogen (secondary N) is 1. The Bertz CT molecular complexity index is 1170. The fourth-order valence-corrected chi connectivity index (χ4v) is 4.94. The van der Waals surface area contributed by atoms with Gasteiger partial charge in [0.1, 0.15) is 10.6 Å². The van der Waals surface area contributed by atoms with Crippen molar-refractivity contribution < 1.29 is 18.7 Å². The smallest absolute Gasteiger partial charge is 0.341 e. The minimum atomic E-state index is -0.563. The van der Waals surface area contributed by atoms with Gasteiger partial charge in [-0.1, -0.05) is 13.0 Å². The lowest BCUT2D eigenvalue weighted by molar-refractivity contribution is 0.0601. The van der Waals surface area contributed by atoms with Crippen molar-refractivity contribution in [2.24, 2.45) is 0 Å². The Kier molecular flexibility index (Phi) is 5.24. The minimum Gasteiger partial charge on any atom is -0.465 e. The average molecular weight is 411 g/mol. The van der Waals surface area contributed by atoms with Crippen molar-refractivity contribution in [2.75, 3.05) is 12.4 Å². The van der Waals surface area contributed by atoms with Crippen LogP contribution in [0.5, 0.6) is 0 Å². The molecule has 0 spiro atoms. The number of benzene rings is 1. The lowest BCUT2D eigenvalue weighted by Crippen LogP contribution is -2.17. The van der Waals surface area contributed by atoms with Crippen LogP contribution in [0.4, 0.5) is 5.00 Å². The second-order valence-electron chi connectivity index (χ2n) is 7.02. The van der Waals surface area contributed by atoms with Gasteiger partial charge in [0.05, 0.1) is 18.1 Å². The van der Waals surface area contributed by atoms with Gasteiger partial charge >= 0.3 is 5.97 Å². The van der Waals surface area contributed by atoms with E-state index < -0.39 is 11.9 Å². The van der Waals surface area contributed by atoms with Crippen LogP contribution in [0.25, 0.3) is 11.0 Å². The Morgan fingerprint density at radius 3 is 2.76 bits per heavy atom. The Hall–Kier alpha value is -2.93. The van der Waals surface area contributed by atoms with Gasteiger partial charge in [0.2, 0.25) is 0 Å². The van der Waals surface area contributed by atoms with Crippen LogP contribution in [0.3, 0.4) is 0 Å². The summed E-state index contributed by atoms with van der Waals surface area (Å²) in [7, 11) is 1.33. The number of ether oxygens (including phenoxy) is 1. The number of anilines is 1. The number of amides is 1. The van der Waals surface area contributed by atoms with E-state index in [4.69, 9.17) is 9.15 Å². The summed E-state index contributed by atoms with van der Waals surface area (Å²) in [6.07, 6.45) is 4.53. The zero-order valence-electron chi connectivity index (χ0n) is 16.3. The second-order valence-corrected chi connectivity index (χ2v) is 8.12. The number of esters is 1. The van der Waals surface area contributed by atoms with Gasteiger partial charge in [0.15, 0.2) is 11.2 Å². The number of fused-ring (bicyclic) bond motifs is 2. The summed E-state index contributed by atoms with van der Waals surface area (Å²) in [5.41, 5.74) is 2.48. The van der Waals surface area contributed by atoms with Gasteiger partial charge in [0, 0.05) is 10.9 Å². The summed E-state index contributed by atoms with van der Waals surface area (Å²) in [5.74, 6) is -1.12. The molecule has 6 nitrogen and oxygen atoms in total.